The number of nitrogens with two attached hydrogens (primary N) is 1. The summed E-state index contributed by atoms with van der Waals surface area (Å²) in [6.07, 6.45) is 3.32. The minimum absolute atomic E-state index is 0.0920. The Hall–Kier alpha value is -0.210. The van der Waals surface area contributed by atoms with Gasteiger partial charge in [0.1, 0.15) is 0 Å². The predicted molar refractivity (Wildman–Crippen MR) is 78.1 cm³/mol. The van der Waals surface area contributed by atoms with Gasteiger partial charge < -0.3 is 4.74 Å². The first kappa shape index (κ1) is 13.8. The lowest BCUT2D eigenvalue weighted by atomic mass is 9.80. The Morgan fingerprint density at radius 3 is 3.11 bits per heavy atom. The van der Waals surface area contributed by atoms with Crippen LogP contribution in [0, 0.1) is 12.8 Å². The minimum atomic E-state index is 0.0920. The molecule has 0 bridgehead atoms. The Labute approximate surface area is 121 Å². The lowest BCUT2D eigenvalue weighted by Gasteiger charge is -2.40. The molecule has 3 atom stereocenters. The van der Waals surface area contributed by atoms with Gasteiger partial charge in [0.25, 0.3) is 0 Å². The highest BCUT2D eigenvalue weighted by Gasteiger charge is 2.43. The van der Waals surface area contributed by atoms with Crippen molar-refractivity contribution in [2.75, 3.05) is 18.1 Å². The number of aromatic nitrogens is 2. The van der Waals surface area contributed by atoms with Crippen molar-refractivity contribution < 1.29 is 4.74 Å². The van der Waals surface area contributed by atoms with Gasteiger partial charge in [-0.25, -0.2) is 0 Å². The monoisotopic (exact) mass is 300 g/mol. The normalized spacial score (nSPS) is 32.8. The van der Waals surface area contributed by atoms with Gasteiger partial charge in [-0.15, -0.1) is 5.10 Å². The van der Waals surface area contributed by atoms with E-state index in [1.807, 2.05) is 18.7 Å². The van der Waals surface area contributed by atoms with E-state index < -0.39 is 0 Å². The Morgan fingerprint density at radius 1 is 1.58 bits per heavy atom. The lowest BCUT2D eigenvalue weighted by molar-refractivity contribution is -0.0852. The fraction of sp³-hybridized carbons (Fsp3) is 0.833. The average Bonchev–Trinajstić information content (AvgIpc) is 3.02. The Bertz CT molecular complexity index is 433. The molecule has 0 amide bonds. The van der Waals surface area contributed by atoms with Crippen molar-refractivity contribution in [1.29, 1.82) is 0 Å². The number of nitrogens with zero attached hydrogens (tertiary/aromatic N) is 2. The molecule has 0 saturated carbocycles. The summed E-state index contributed by atoms with van der Waals surface area (Å²) in [5.41, 5.74) is 4.08. The van der Waals surface area contributed by atoms with Gasteiger partial charge in [-0.2, -0.15) is 11.8 Å². The van der Waals surface area contributed by atoms with E-state index in [9.17, 15) is 0 Å². The number of hydrogen-bond acceptors (Lipinski definition) is 7. The van der Waals surface area contributed by atoms with Gasteiger partial charge in [0.05, 0.1) is 22.2 Å². The summed E-state index contributed by atoms with van der Waals surface area (Å²) in [5.74, 6) is 8.66. The van der Waals surface area contributed by atoms with Crippen LogP contribution < -0.4 is 11.3 Å². The number of nitrogens with one attached hydrogen (secondary N) is 1. The molecule has 1 aromatic heterocycles. The summed E-state index contributed by atoms with van der Waals surface area (Å²) in [5, 5.41) is 4.11. The van der Waals surface area contributed by atoms with E-state index in [4.69, 9.17) is 10.6 Å². The molecule has 7 heteroatoms. The summed E-state index contributed by atoms with van der Waals surface area (Å²) in [6, 6.07) is 0.159. The lowest BCUT2D eigenvalue weighted by Crippen LogP contribution is -2.45. The molecule has 0 radical (unpaired) electrons. The summed E-state index contributed by atoms with van der Waals surface area (Å²) in [7, 11) is 0. The van der Waals surface area contributed by atoms with Crippen LogP contribution in [0.15, 0.2) is 0 Å². The Morgan fingerprint density at radius 2 is 2.47 bits per heavy atom. The van der Waals surface area contributed by atoms with Crippen LogP contribution in [0.2, 0.25) is 0 Å². The third kappa shape index (κ3) is 2.67. The highest BCUT2D eigenvalue weighted by atomic mass is 32.2. The zero-order valence-electron chi connectivity index (χ0n) is 11.1. The summed E-state index contributed by atoms with van der Waals surface area (Å²) >= 11 is 3.46. The molecular weight excluding hydrogens is 280 g/mol. The Kier molecular flexibility index (Phi) is 4.09. The first-order valence-electron chi connectivity index (χ1n) is 6.71. The molecule has 0 aliphatic carbocycles. The van der Waals surface area contributed by atoms with E-state index in [-0.39, 0.29) is 11.6 Å². The second-order valence-electron chi connectivity index (χ2n) is 5.45. The average molecular weight is 300 g/mol. The standard InChI is InChI=1S/C12H20N4OS2/c1-8-11(19-16-15-8)10(14-13)9-2-4-17-12(6-9)3-5-18-7-12/h9-10,14H,2-7,13H2,1H3. The zero-order valence-corrected chi connectivity index (χ0v) is 12.7. The molecule has 0 aromatic carbocycles. The van der Waals surface area contributed by atoms with Gasteiger partial charge in [-0.1, -0.05) is 4.49 Å². The quantitative estimate of drug-likeness (QED) is 0.653. The second-order valence-corrected chi connectivity index (χ2v) is 7.34. The molecule has 2 aliphatic heterocycles. The van der Waals surface area contributed by atoms with Crippen LogP contribution in [-0.4, -0.2) is 33.3 Å². The van der Waals surface area contributed by atoms with Crippen molar-refractivity contribution >= 4 is 23.3 Å². The van der Waals surface area contributed by atoms with Crippen molar-refractivity contribution in [3.63, 3.8) is 0 Å². The zero-order chi connectivity index (χ0) is 13.3. The number of thioether (sulfide) groups is 1. The summed E-state index contributed by atoms with van der Waals surface area (Å²) in [4.78, 5) is 1.18. The molecule has 3 heterocycles. The third-order valence-electron chi connectivity index (χ3n) is 4.22. The topological polar surface area (TPSA) is 73.1 Å². The maximum absolute atomic E-state index is 6.08. The van der Waals surface area contributed by atoms with Gasteiger partial charge in [0, 0.05) is 12.4 Å². The molecule has 3 unspecified atom stereocenters. The molecule has 1 spiro atoms. The number of aryl methyl sites for hydroxylation is 1. The van der Waals surface area contributed by atoms with Crippen LogP contribution in [0.5, 0.6) is 0 Å². The van der Waals surface area contributed by atoms with E-state index >= 15 is 0 Å². The molecule has 2 fully saturated rings. The molecule has 3 N–H and O–H groups in total. The fourth-order valence-corrected chi connectivity index (χ4v) is 5.34. The molecule has 5 nitrogen and oxygen atoms in total. The van der Waals surface area contributed by atoms with Crippen molar-refractivity contribution in [2.24, 2.45) is 11.8 Å². The van der Waals surface area contributed by atoms with Crippen molar-refractivity contribution in [3.05, 3.63) is 10.6 Å². The van der Waals surface area contributed by atoms with Crippen molar-refractivity contribution in [1.82, 2.24) is 15.0 Å². The first-order chi connectivity index (χ1) is 9.24. The number of ether oxygens (including phenoxy) is 1. The molecule has 106 valence electrons. The van der Waals surface area contributed by atoms with Crippen molar-refractivity contribution in [2.45, 2.75) is 37.8 Å². The van der Waals surface area contributed by atoms with Gasteiger partial charge >= 0.3 is 0 Å². The predicted octanol–water partition coefficient (Wildman–Crippen LogP) is 1.65. The second kappa shape index (κ2) is 5.65. The number of rotatable bonds is 3. The first-order valence-corrected chi connectivity index (χ1v) is 8.64. The molecule has 2 saturated heterocycles. The van der Waals surface area contributed by atoms with Crippen molar-refractivity contribution in [3.8, 4) is 0 Å². The van der Waals surface area contributed by atoms with E-state index in [1.54, 1.807) is 0 Å². The van der Waals surface area contributed by atoms with Crippen LogP contribution in [0.25, 0.3) is 0 Å². The van der Waals surface area contributed by atoms with E-state index in [0.29, 0.717) is 5.92 Å². The van der Waals surface area contributed by atoms with Gasteiger partial charge in [-0.3, -0.25) is 11.3 Å². The van der Waals surface area contributed by atoms with Crippen LogP contribution in [0.3, 0.4) is 0 Å². The van der Waals surface area contributed by atoms with Crippen LogP contribution in [-0.2, 0) is 4.74 Å². The highest BCUT2D eigenvalue weighted by Crippen LogP contribution is 2.44. The van der Waals surface area contributed by atoms with E-state index in [1.165, 1.54) is 28.6 Å². The SMILES string of the molecule is Cc1nnsc1C(NN)C1CCOC2(CCSC2)C1. The minimum Gasteiger partial charge on any atom is -0.374 e. The summed E-state index contributed by atoms with van der Waals surface area (Å²) in [6.45, 7) is 2.85. The third-order valence-corrected chi connectivity index (χ3v) is 6.35. The maximum atomic E-state index is 6.08. The molecule has 3 rings (SSSR count). The maximum Gasteiger partial charge on any atom is 0.0783 e. The van der Waals surface area contributed by atoms with Crippen LogP contribution in [0.4, 0.5) is 0 Å². The Balaban J connectivity index is 1.78. The van der Waals surface area contributed by atoms with Gasteiger partial charge in [-0.05, 0) is 49.4 Å². The largest absolute Gasteiger partial charge is 0.374 e. The van der Waals surface area contributed by atoms with Gasteiger partial charge in [0.2, 0.25) is 0 Å². The smallest absolute Gasteiger partial charge is 0.0783 e. The van der Waals surface area contributed by atoms with Crippen LogP contribution >= 0.6 is 23.3 Å². The van der Waals surface area contributed by atoms with E-state index in [0.717, 1.165) is 30.9 Å². The van der Waals surface area contributed by atoms with E-state index in [2.05, 4.69) is 15.0 Å². The summed E-state index contributed by atoms with van der Waals surface area (Å²) < 4.78 is 10.1. The molecule has 2 aliphatic rings. The molecule has 19 heavy (non-hydrogen) atoms. The highest BCUT2D eigenvalue weighted by molar-refractivity contribution is 7.99. The fourth-order valence-electron chi connectivity index (χ4n) is 3.16. The molecule has 1 aromatic rings. The number of hydrazine groups is 1. The van der Waals surface area contributed by atoms with Crippen LogP contribution in [0.1, 0.15) is 35.9 Å². The number of hydrogen-bond donors (Lipinski definition) is 2. The van der Waals surface area contributed by atoms with Gasteiger partial charge in [0.15, 0.2) is 0 Å². The molecular formula is C12H20N4OS2.